The van der Waals surface area contributed by atoms with Crippen molar-refractivity contribution in [2.24, 2.45) is 11.8 Å². The Hall–Kier alpha value is -3.00. The SMILES string of the molecule is c1ccc2c3c(ccc2c1)OCC(C1CC1)COc1ccc2ccccc2c1-3. The highest BCUT2D eigenvalue weighted by atomic mass is 16.5. The zero-order chi connectivity index (χ0) is 18.5. The maximum atomic E-state index is 6.46. The Bertz CT molecular complexity index is 1100. The Kier molecular flexibility index (Phi) is 3.58. The lowest BCUT2D eigenvalue weighted by Gasteiger charge is -2.17. The van der Waals surface area contributed by atoms with Crippen molar-refractivity contribution in [1.29, 1.82) is 0 Å². The highest BCUT2D eigenvalue weighted by Gasteiger charge is 2.33. The second-order valence-electron chi connectivity index (χ2n) is 8.04. The molecule has 4 aromatic rings. The first-order chi connectivity index (χ1) is 13.9. The Morgan fingerprint density at radius 1 is 0.536 bits per heavy atom. The van der Waals surface area contributed by atoms with Crippen LogP contribution in [0.3, 0.4) is 0 Å². The molecule has 0 unspecified atom stereocenters. The molecule has 1 heterocycles. The van der Waals surface area contributed by atoms with E-state index in [2.05, 4.69) is 72.8 Å². The van der Waals surface area contributed by atoms with Gasteiger partial charge in [-0.1, -0.05) is 60.7 Å². The third-order valence-corrected chi connectivity index (χ3v) is 6.23. The van der Waals surface area contributed by atoms with Crippen LogP contribution >= 0.6 is 0 Å². The molecule has 0 amide bonds. The first-order valence-corrected chi connectivity index (χ1v) is 10.2. The molecule has 0 bridgehead atoms. The summed E-state index contributed by atoms with van der Waals surface area (Å²) in [6, 6.07) is 25.7. The molecule has 1 aliphatic carbocycles. The van der Waals surface area contributed by atoms with Gasteiger partial charge in [0.05, 0.1) is 13.2 Å². The van der Waals surface area contributed by atoms with Gasteiger partial charge in [0.25, 0.3) is 0 Å². The molecule has 0 spiro atoms. The third-order valence-electron chi connectivity index (χ3n) is 6.23. The van der Waals surface area contributed by atoms with Crippen LogP contribution in [0.15, 0.2) is 72.8 Å². The zero-order valence-electron chi connectivity index (χ0n) is 15.7. The fourth-order valence-corrected chi connectivity index (χ4v) is 4.54. The van der Waals surface area contributed by atoms with E-state index in [4.69, 9.17) is 9.47 Å². The Labute approximate surface area is 164 Å². The van der Waals surface area contributed by atoms with Crippen molar-refractivity contribution in [1.82, 2.24) is 0 Å². The van der Waals surface area contributed by atoms with Crippen LogP contribution in [0.4, 0.5) is 0 Å². The highest BCUT2D eigenvalue weighted by Crippen LogP contribution is 2.47. The number of rotatable bonds is 1. The van der Waals surface area contributed by atoms with Crippen molar-refractivity contribution >= 4 is 21.5 Å². The van der Waals surface area contributed by atoms with Gasteiger partial charge >= 0.3 is 0 Å². The van der Waals surface area contributed by atoms with E-state index < -0.39 is 0 Å². The topological polar surface area (TPSA) is 18.5 Å². The maximum Gasteiger partial charge on any atom is 0.127 e. The molecule has 2 nitrogen and oxygen atoms in total. The number of hydrogen-bond acceptors (Lipinski definition) is 2. The van der Waals surface area contributed by atoms with Crippen LogP contribution in [0.2, 0.25) is 0 Å². The van der Waals surface area contributed by atoms with Gasteiger partial charge in [-0.05, 0) is 52.4 Å². The summed E-state index contributed by atoms with van der Waals surface area (Å²) in [5, 5.41) is 4.88. The minimum absolute atomic E-state index is 0.455. The second kappa shape index (κ2) is 6.27. The van der Waals surface area contributed by atoms with Crippen LogP contribution in [-0.4, -0.2) is 13.2 Å². The predicted molar refractivity (Wildman–Crippen MR) is 114 cm³/mol. The van der Waals surface area contributed by atoms with E-state index in [1.165, 1.54) is 34.4 Å². The standard InChI is InChI=1S/C26H22O2/c1-3-7-21-18(5-1)11-13-23-25(21)26-22-8-4-2-6-19(22)12-14-24(26)28-16-20(15-27-23)17-9-10-17/h1-8,11-14,17,20H,9-10,15-16H2. The van der Waals surface area contributed by atoms with Gasteiger partial charge in [-0.3, -0.25) is 0 Å². The van der Waals surface area contributed by atoms with Crippen LogP contribution < -0.4 is 9.47 Å². The van der Waals surface area contributed by atoms with Gasteiger partial charge in [0.15, 0.2) is 0 Å². The highest BCUT2D eigenvalue weighted by molar-refractivity contribution is 6.09. The van der Waals surface area contributed by atoms with E-state index in [0.29, 0.717) is 5.92 Å². The number of fused-ring (bicyclic) bond motifs is 7. The van der Waals surface area contributed by atoms with Gasteiger partial charge in [0.2, 0.25) is 0 Å². The van der Waals surface area contributed by atoms with Crippen LogP contribution in [0, 0.1) is 11.8 Å². The van der Waals surface area contributed by atoms with E-state index in [1.54, 1.807) is 0 Å². The minimum atomic E-state index is 0.455. The van der Waals surface area contributed by atoms with Crippen molar-refractivity contribution < 1.29 is 9.47 Å². The molecule has 0 aromatic heterocycles. The van der Waals surface area contributed by atoms with Gasteiger partial charge in [-0.25, -0.2) is 0 Å². The quantitative estimate of drug-likeness (QED) is 0.385. The van der Waals surface area contributed by atoms with Gasteiger partial charge in [-0.15, -0.1) is 0 Å². The summed E-state index contributed by atoms with van der Waals surface area (Å²) in [6.07, 6.45) is 2.60. The monoisotopic (exact) mass is 366 g/mol. The number of hydrogen-bond donors (Lipinski definition) is 0. The molecule has 4 aromatic carbocycles. The molecule has 0 saturated heterocycles. The van der Waals surface area contributed by atoms with Crippen LogP contribution in [0.5, 0.6) is 11.5 Å². The minimum Gasteiger partial charge on any atom is -0.492 e. The fraction of sp³-hybridized carbons (Fsp3) is 0.231. The van der Waals surface area contributed by atoms with E-state index in [-0.39, 0.29) is 0 Å². The average molecular weight is 366 g/mol. The largest absolute Gasteiger partial charge is 0.492 e. The molecule has 1 saturated carbocycles. The Balaban J connectivity index is 1.69. The molecule has 0 N–H and O–H groups in total. The molecule has 6 rings (SSSR count). The molecule has 0 atom stereocenters. The lowest BCUT2D eigenvalue weighted by molar-refractivity contribution is 0.164. The van der Waals surface area contributed by atoms with E-state index in [1.807, 2.05) is 0 Å². The molecule has 2 aliphatic rings. The average Bonchev–Trinajstić information content (AvgIpc) is 3.58. The van der Waals surface area contributed by atoms with Gasteiger partial charge in [-0.2, -0.15) is 0 Å². The summed E-state index contributed by atoms with van der Waals surface area (Å²) < 4.78 is 12.9. The summed E-state index contributed by atoms with van der Waals surface area (Å²) in [4.78, 5) is 0. The third kappa shape index (κ3) is 2.56. The summed E-state index contributed by atoms with van der Waals surface area (Å²) in [5.41, 5.74) is 2.31. The molecule has 2 heteroatoms. The van der Waals surface area contributed by atoms with Gasteiger partial charge in [0.1, 0.15) is 11.5 Å². The summed E-state index contributed by atoms with van der Waals surface area (Å²) in [5.74, 6) is 3.13. The molecule has 138 valence electrons. The molecule has 1 fully saturated rings. The fourth-order valence-electron chi connectivity index (χ4n) is 4.54. The molecule has 1 aliphatic heterocycles. The van der Waals surface area contributed by atoms with Crippen molar-refractivity contribution in [2.45, 2.75) is 12.8 Å². The number of benzene rings is 4. The lowest BCUT2D eigenvalue weighted by Crippen LogP contribution is -2.21. The predicted octanol–water partition coefficient (Wildman–Crippen LogP) is 6.46. The van der Waals surface area contributed by atoms with Crippen molar-refractivity contribution in [3.8, 4) is 22.6 Å². The molecule has 0 radical (unpaired) electrons. The second-order valence-corrected chi connectivity index (χ2v) is 8.04. The van der Waals surface area contributed by atoms with Crippen molar-refractivity contribution in [3.05, 3.63) is 72.8 Å². The summed E-state index contributed by atoms with van der Waals surface area (Å²) in [6.45, 7) is 1.45. The number of ether oxygens (including phenoxy) is 2. The lowest BCUT2D eigenvalue weighted by atomic mass is 9.92. The Morgan fingerprint density at radius 2 is 1.04 bits per heavy atom. The van der Waals surface area contributed by atoms with Gasteiger partial charge < -0.3 is 9.47 Å². The molecular weight excluding hydrogens is 344 g/mol. The maximum absolute atomic E-state index is 6.46. The van der Waals surface area contributed by atoms with Crippen molar-refractivity contribution in [3.63, 3.8) is 0 Å². The van der Waals surface area contributed by atoms with E-state index >= 15 is 0 Å². The van der Waals surface area contributed by atoms with Gasteiger partial charge in [0, 0.05) is 17.0 Å². The van der Waals surface area contributed by atoms with Crippen LogP contribution in [-0.2, 0) is 0 Å². The molecule has 28 heavy (non-hydrogen) atoms. The van der Waals surface area contributed by atoms with Crippen LogP contribution in [0.25, 0.3) is 32.7 Å². The first kappa shape index (κ1) is 16.0. The first-order valence-electron chi connectivity index (χ1n) is 10.2. The summed E-state index contributed by atoms with van der Waals surface area (Å²) in [7, 11) is 0. The van der Waals surface area contributed by atoms with Crippen molar-refractivity contribution in [2.75, 3.05) is 13.2 Å². The normalized spacial score (nSPS) is 17.0. The van der Waals surface area contributed by atoms with E-state index in [0.717, 1.165) is 41.8 Å². The summed E-state index contributed by atoms with van der Waals surface area (Å²) >= 11 is 0. The Morgan fingerprint density at radius 3 is 1.54 bits per heavy atom. The molecular formula is C26H22O2. The van der Waals surface area contributed by atoms with E-state index in [9.17, 15) is 0 Å². The zero-order valence-corrected chi connectivity index (χ0v) is 15.7. The smallest absolute Gasteiger partial charge is 0.127 e. The van der Waals surface area contributed by atoms with Crippen LogP contribution in [0.1, 0.15) is 12.8 Å².